The van der Waals surface area contributed by atoms with Gasteiger partial charge >= 0.3 is 0 Å². The van der Waals surface area contributed by atoms with Crippen molar-refractivity contribution in [2.45, 2.75) is 6.54 Å². The topological polar surface area (TPSA) is 106 Å². The third kappa shape index (κ3) is 3.73. The second-order valence-electron chi connectivity index (χ2n) is 5.63. The molecule has 126 valence electrons. The van der Waals surface area contributed by atoms with Crippen LogP contribution in [0.4, 0.5) is 5.69 Å². The molecule has 0 saturated heterocycles. The summed E-state index contributed by atoms with van der Waals surface area (Å²) in [6.07, 6.45) is 1.44. The van der Waals surface area contributed by atoms with Gasteiger partial charge in [0.2, 0.25) is 5.91 Å². The van der Waals surface area contributed by atoms with Crippen molar-refractivity contribution in [1.29, 1.82) is 5.26 Å². The molecule has 0 atom stereocenters. The molecule has 25 heavy (non-hydrogen) atoms. The molecule has 0 aliphatic rings. The second-order valence-corrected chi connectivity index (χ2v) is 5.63. The van der Waals surface area contributed by atoms with Crippen LogP contribution >= 0.6 is 0 Å². The van der Waals surface area contributed by atoms with Crippen molar-refractivity contribution in [2.24, 2.45) is 0 Å². The number of rotatable bonds is 5. The number of carbonyl (C=O) groups is 1. The van der Waals surface area contributed by atoms with Crippen molar-refractivity contribution < 1.29 is 4.79 Å². The number of anilines is 1. The zero-order valence-corrected chi connectivity index (χ0v) is 13.6. The van der Waals surface area contributed by atoms with E-state index >= 15 is 0 Å². The molecular formula is C17H16N6O2. The minimum atomic E-state index is -0.302. The quantitative estimate of drug-likeness (QED) is 0.722. The van der Waals surface area contributed by atoms with Crippen molar-refractivity contribution >= 4 is 17.2 Å². The summed E-state index contributed by atoms with van der Waals surface area (Å²) < 4.78 is 1.21. The van der Waals surface area contributed by atoms with Gasteiger partial charge in [0.1, 0.15) is 11.6 Å². The number of para-hydroxylation sites is 1. The van der Waals surface area contributed by atoms with Crippen molar-refractivity contribution in [1.82, 2.24) is 19.5 Å². The number of amides is 1. The fourth-order valence-electron chi connectivity index (χ4n) is 2.49. The fraction of sp³-hybridized carbons (Fsp3) is 0.176. The molecule has 1 amide bonds. The van der Waals surface area contributed by atoms with Crippen LogP contribution in [0.2, 0.25) is 0 Å². The Kier molecular flexibility index (Phi) is 4.59. The monoisotopic (exact) mass is 336 g/mol. The van der Waals surface area contributed by atoms with Gasteiger partial charge in [-0.3, -0.25) is 19.6 Å². The summed E-state index contributed by atoms with van der Waals surface area (Å²) in [5.74, 6) is -0.161. The predicted octanol–water partition coefficient (Wildman–Crippen LogP) is 0.965. The van der Waals surface area contributed by atoms with Gasteiger partial charge in [0.15, 0.2) is 5.65 Å². The van der Waals surface area contributed by atoms with Gasteiger partial charge in [0.05, 0.1) is 12.2 Å². The van der Waals surface area contributed by atoms with Gasteiger partial charge in [-0.25, -0.2) is 9.50 Å². The van der Waals surface area contributed by atoms with Gasteiger partial charge in [0.25, 0.3) is 5.56 Å². The van der Waals surface area contributed by atoms with Crippen molar-refractivity contribution in [3.05, 3.63) is 64.2 Å². The highest BCUT2D eigenvalue weighted by atomic mass is 16.2. The van der Waals surface area contributed by atoms with E-state index in [2.05, 4.69) is 15.4 Å². The summed E-state index contributed by atoms with van der Waals surface area (Å²) in [7, 11) is 1.76. The molecular weight excluding hydrogens is 320 g/mol. The molecule has 8 nitrogen and oxygen atoms in total. The van der Waals surface area contributed by atoms with E-state index in [4.69, 9.17) is 5.26 Å². The average molecular weight is 336 g/mol. The van der Waals surface area contributed by atoms with Crippen molar-refractivity contribution in [3.63, 3.8) is 0 Å². The van der Waals surface area contributed by atoms with Gasteiger partial charge in [0, 0.05) is 24.5 Å². The minimum absolute atomic E-state index is 0.147. The van der Waals surface area contributed by atoms with E-state index in [9.17, 15) is 9.59 Å². The Morgan fingerprint density at radius 3 is 2.88 bits per heavy atom. The number of nitrogens with one attached hydrogen (secondary N) is 2. The van der Waals surface area contributed by atoms with Gasteiger partial charge < -0.3 is 5.32 Å². The van der Waals surface area contributed by atoms with Crippen LogP contribution < -0.4 is 10.9 Å². The molecule has 2 N–H and O–H groups in total. The van der Waals surface area contributed by atoms with Crippen LogP contribution in [0, 0.1) is 11.3 Å². The third-order valence-corrected chi connectivity index (χ3v) is 3.57. The van der Waals surface area contributed by atoms with E-state index in [-0.39, 0.29) is 23.7 Å². The lowest BCUT2D eigenvalue weighted by atomic mass is 10.3. The summed E-state index contributed by atoms with van der Waals surface area (Å²) in [5, 5.41) is 14.5. The number of fused-ring (bicyclic) bond motifs is 1. The van der Waals surface area contributed by atoms with Crippen molar-refractivity contribution in [3.8, 4) is 6.07 Å². The number of benzene rings is 1. The number of hydrogen-bond acceptors (Lipinski definition) is 5. The number of carbonyl (C=O) groups excluding carboxylic acids is 1. The van der Waals surface area contributed by atoms with E-state index in [1.165, 1.54) is 16.8 Å². The van der Waals surface area contributed by atoms with E-state index < -0.39 is 0 Å². The van der Waals surface area contributed by atoms with Crippen LogP contribution in [-0.2, 0) is 11.3 Å². The van der Waals surface area contributed by atoms with Gasteiger partial charge in [-0.05, 0) is 19.2 Å². The fourth-order valence-corrected chi connectivity index (χ4v) is 2.49. The Morgan fingerprint density at radius 2 is 2.16 bits per heavy atom. The summed E-state index contributed by atoms with van der Waals surface area (Å²) in [5.41, 5.74) is 1.50. The lowest BCUT2D eigenvalue weighted by molar-refractivity contribution is -0.117. The Labute approximate surface area is 143 Å². The van der Waals surface area contributed by atoms with Crippen LogP contribution in [-0.4, -0.2) is 39.0 Å². The molecule has 3 rings (SSSR count). The molecule has 0 radical (unpaired) electrons. The maximum atomic E-state index is 12.1. The van der Waals surface area contributed by atoms with E-state index in [0.717, 1.165) is 5.69 Å². The maximum Gasteiger partial charge on any atom is 0.272 e. The zero-order chi connectivity index (χ0) is 17.8. The molecule has 3 aromatic rings. The molecule has 0 spiro atoms. The number of aromatic amines is 1. The number of aromatic nitrogens is 3. The van der Waals surface area contributed by atoms with E-state index in [0.29, 0.717) is 17.8 Å². The second kappa shape index (κ2) is 6.98. The smallest absolute Gasteiger partial charge is 0.272 e. The molecule has 0 bridgehead atoms. The molecule has 2 aromatic heterocycles. The zero-order valence-electron chi connectivity index (χ0n) is 13.6. The molecule has 0 unspecified atom stereocenters. The number of hydrogen-bond donors (Lipinski definition) is 2. The number of H-pyrrole nitrogens is 1. The van der Waals surface area contributed by atoms with Gasteiger partial charge in [-0.15, -0.1) is 0 Å². The molecule has 8 heteroatoms. The Morgan fingerprint density at radius 1 is 1.40 bits per heavy atom. The minimum Gasteiger partial charge on any atom is -0.325 e. The first-order chi connectivity index (χ1) is 12.1. The van der Waals surface area contributed by atoms with Crippen molar-refractivity contribution in [2.75, 3.05) is 18.9 Å². The van der Waals surface area contributed by atoms with Gasteiger partial charge in [-0.2, -0.15) is 5.26 Å². The number of nitrogens with zero attached hydrogens (tertiary/aromatic N) is 4. The lowest BCUT2D eigenvalue weighted by Gasteiger charge is -2.15. The standard InChI is InChI=1S/C17H16N6O2/c1-22(11-15(24)20-13-5-3-2-4-6-13)10-14-7-16(25)23-17(21-14)12(8-18)9-19-23/h2-7,9,19H,10-11H2,1H3,(H,20,24). The lowest BCUT2D eigenvalue weighted by Crippen LogP contribution is -2.30. The van der Waals surface area contributed by atoms with Crippen LogP contribution in [0.3, 0.4) is 0 Å². The van der Waals surface area contributed by atoms with Crippen LogP contribution in [0.25, 0.3) is 5.65 Å². The summed E-state index contributed by atoms with van der Waals surface area (Å²) >= 11 is 0. The highest BCUT2D eigenvalue weighted by Gasteiger charge is 2.12. The number of likely N-dealkylation sites (N-methyl/N-ethyl adjacent to an activating group) is 1. The largest absolute Gasteiger partial charge is 0.325 e. The summed E-state index contributed by atoms with van der Waals surface area (Å²) in [6.45, 7) is 0.457. The first-order valence-corrected chi connectivity index (χ1v) is 7.60. The highest BCUT2D eigenvalue weighted by molar-refractivity contribution is 5.92. The predicted molar refractivity (Wildman–Crippen MR) is 91.9 cm³/mol. The van der Waals surface area contributed by atoms with Crippen LogP contribution in [0.1, 0.15) is 11.3 Å². The average Bonchev–Trinajstić information content (AvgIpc) is 2.99. The molecule has 2 heterocycles. The van der Waals surface area contributed by atoms with Gasteiger partial charge in [-0.1, -0.05) is 18.2 Å². The Hall–Kier alpha value is -3.44. The Balaban J connectivity index is 1.69. The van der Waals surface area contributed by atoms with E-state index in [1.54, 1.807) is 11.9 Å². The maximum absolute atomic E-state index is 12.1. The molecule has 1 aromatic carbocycles. The summed E-state index contributed by atoms with van der Waals surface area (Å²) in [4.78, 5) is 30.2. The highest BCUT2D eigenvalue weighted by Crippen LogP contribution is 2.07. The SMILES string of the molecule is CN(CC(=O)Nc1ccccc1)Cc1cc(=O)n2[nH]cc(C#N)c2n1. The molecule has 0 aliphatic heterocycles. The first kappa shape index (κ1) is 16.4. The molecule has 0 fully saturated rings. The van der Waals surface area contributed by atoms with Crippen LogP contribution in [0.15, 0.2) is 47.4 Å². The molecule has 0 aliphatic carbocycles. The summed E-state index contributed by atoms with van der Waals surface area (Å²) in [6, 6.07) is 12.5. The van der Waals surface area contributed by atoms with E-state index in [1.807, 2.05) is 36.4 Å². The normalized spacial score (nSPS) is 10.8. The molecule has 0 saturated carbocycles. The first-order valence-electron chi connectivity index (χ1n) is 7.60. The van der Waals surface area contributed by atoms with Crippen LogP contribution in [0.5, 0.6) is 0 Å². The number of nitriles is 1. The Bertz CT molecular complexity index is 999. The third-order valence-electron chi connectivity index (χ3n) is 3.57.